The summed E-state index contributed by atoms with van der Waals surface area (Å²) in [7, 11) is 0. The van der Waals surface area contributed by atoms with E-state index in [1.165, 1.54) is 19.3 Å². The second kappa shape index (κ2) is 4.44. The van der Waals surface area contributed by atoms with Gasteiger partial charge in [-0.25, -0.2) is 4.98 Å². The van der Waals surface area contributed by atoms with Gasteiger partial charge in [-0.2, -0.15) is 4.98 Å². The Hall–Kier alpha value is -1.84. The topological polar surface area (TPSA) is 63.8 Å². The standard InChI is InChI=1S/C14H18N4/c1-2-5-9-8-12(9)16-13-10-6-3-4-7-11(10)17-14(15)18-13/h3-4,6-7,9,12H,2,5,8H2,1H3,(H3,15,16,17,18). The van der Waals surface area contributed by atoms with Gasteiger partial charge in [0.05, 0.1) is 5.52 Å². The monoisotopic (exact) mass is 242 g/mol. The molecule has 2 unspecified atom stereocenters. The molecule has 1 aliphatic carbocycles. The molecule has 1 aromatic carbocycles. The zero-order valence-electron chi connectivity index (χ0n) is 10.6. The van der Waals surface area contributed by atoms with E-state index in [1.54, 1.807) is 0 Å². The van der Waals surface area contributed by atoms with Gasteiger partial charge in [0.25, 0.3) is 0 Å². The highest BCUT2D eigenvalue weighted by molar-refractivity contribution is 5.90. The van der Waals surface area contributed by atoms with Crippen LogP contribution in [0.25, 0.3) is 10.9 Å². The fraction of sp³-hybridized carbons (Fsp3) is 0.429. The minimum absolute atomic E-state index is 0.337. The van der Waals surface area contributed by atoms with Crippen molar-refractivity contribution in [3.05, 3.63) is 24.3 Å². The molecule has 0 radical (unpaired) electrons. The molecule has 1 aliphatic rings. The van der Waals surface area contributed by atoms with Crippen LogP contribution < -0.4 is 11.1 Å². The summed E-state index contributed by atoms with van der Waals surface area (Å²) in [5.41, 5.74) is 6.65. The molecule has 2 aromatic rings. The second-order valence-electron chi connectivity index (χ2n) is 4.98. The molecule has 0 spiro atoms. The average Bonchev–Trinajstić information content (AvgIpc) is 3.07. The van der Waals surface area contributed by atoms with Crippen LogP contribution in [0.2, 0.25) is 0 Å². The fourth-order valence-corrected chi connectivity index (χ4v) is 2.49. The van der Waals surface area contributed by atoms with Crippen molar-refractivity contribution in [2.24, 2.45) is 5.92 Å². The number of nitrogens with zero attached hydrogens (tertiary/aromatic N) is 2. The van der Waals surface area contributed by atoms with Crippen LogP contribution in [-0.4, -0.2) is 16.0 Å². The molecular formula is C14H18N4. The molecule has 1 fully saturated rings. The quantitative estimate of drug-likeness (QED) is 0.865. The van der Waals surface area contributed by atoms with Crippen molar-refractivity contribution in [1.29, 1.82) is 0 Å². The van der Waals surface area contributed by atoms with E-state index in [-0.39, 0.29) is 0 Å². The lowest BCUT2D eigenvalue weighted by Crippen LogP contribution is -2.09. The molecule has 1 saturated carbocycles. The van der Waals surface area contributed by atoms with Crippen molar-refractivity contribution in [3.8, 4) is 0 Å². The molecule has 1 aromatic heterocycles. The van der Waals surface area contributed by atoms with Gasteiger partial charge in [-0.1, -0.05) is 25.5 Å². The van der Waals surface area contributed by atoms with Crippen molar-refractivity contribution in [1.82, 2.24) is 9.97 Å². The molecule has 4 nitrogen and oxygen atoms in total. The van der Waals surface area contributed by atoms with Crippen molar-refractivity contribution >= 4 is 22.7 Å². The third-order valence-corrected chi connectivity index (χ3v) is 3.52. The minimum Gasteiger partial charge on any atom is -0.368 e. The number of benzene rings is 1. The molecule has 18 heavy (non-hydrogen) atoms. The normalized spacial score (nSPS) is 22.1. The van der Waals surface area contributed by atoms with Gasteiger partial charge in [0, 0.05) is 11.4 Å². The number of nitrogen functional groups attached to an aromatic ring is 1. The Morgan fingerprint density at radius 2 is 2.17 bits per heavy atom. The number of hydrogen-bond donors (Lipinski definition) is 2. The summed E-state index contributed by atoms with van der Waals surface area (Å²) >= 11 is 0. The molecule has 0 aliphatic heterocycles. The first-order valence-electron chi connectivity index (χ1n) is 6.56. The molecular weight excluding hydrogens is 224 g/mol. The molecule has 94 valence electrons. The molecule has 3 rings (SSSR count). The molecule has 4 heteroatoms. The van der Waals surface area contributed by atoms with Crippen molar-refractivity contribution in [3.63, 3.8) is 0 Å². The van der Waals surface area contributed by atoms with Crippen LogP contribution in [0.1, 0.15) is 26.2 Å². The van der Waals surface area contributed by atoms with Crippen LogP contribution in [0.15, 0.2) is 24.3 Å². The molecule has 3 N–H and O–H groups in total. The number of anilines is 2. The smallest absolute Gasteiger partial charge is 0.222 e. The number of nitrogens with one attached hydrogen (secondary N) is 1. The molecule has 0 bridgehead atoms. The summed E-state index contributed by atoms with van der Waals surface area (Å²) in [4.78, 5) is 8.58. The van der Waals surface area contributed by atoms with E-state index < -0.39 is 0 Å². The SMILES string of the molecule is CCCC1CC1Nc1nc(N)nc2ccccc12. The highest BCUT2D eigenvalue weighted by Gasteiger charge is 2.36. The van der Waals surface area contributed by atoms with Gasteiger partial charge in [0.2, 0.25) is 5.95 Å². The maximum atomic E-state index is 5.75. The predicted octanol–water partition coefficient (Wildman–Crippen LogP) is 2.81. The van der Waals surface area contributed by atoms with Gasteiger partial charge in [-0.3, -0.25) is 0 Å². The lowest BCUT2D eigenvalue weighted by molar-refractivity contribution is 0.692. The van der Waals surface area contributed by atoms with Gasteiger partial charge >= 0.3 is 0 Å². The summed E-state index contributed by atoms with van der Waals surface area (Å²) < 4.78 is 0. The first-order chi connectivity index (χ1) is 8.78. The molecule has 0 saturated heterocycles. The third kappa shape index (κ3) is 2.10. The van der Waals surface area contributed by atoms with E-state index in [1.807, 2.05) is 24.3 Å². The number of fused-ring (bicyclic) bond motifs is 1. The highest BCUT2D eigenvalue weighted by Crippen LogP contribution is 2.38. The van der Waals surface area contributed by atoms with E-state index >= 15 is 0 Å². The summed E-state index contributed by atoms with van der Waals surface area (Å²) in [6.07, 6.45) is 3.78. The fourth-order valence-electron chi connectivity index (χ4n) is 2.49. The van der Waals surface area contributed by atoms with Crippen LogP contribution in [0, 0.1) is 5.92 Å². The van der Waals surface area contributed by atoms with Crippen LogP contribution >= 0.6 is 0 Å². The van der Waals surface area contributed by atoms with Crippen molar-refractivity contribution < 1.29 is 0 Å². The van der Waals surface area contributed by atoms with Crippen molar-refractivity contribution in [2.75, 3.05) is 11.1 Å². The summed E-state index contributed by atoms with van der Waals surface area (Å²) in [5.74, 6) is 2.01. The molecule has 1 heterocycles. The third-order valence-electron chi connectivity index (χ3n) is 3.52. The Morgan fingerprint density at radius 1 is 1.33 bits per heavy atom. The predicted molar refractivity (Wildman–Crippen MR) is 74.4 cm³/mol. The van der Waals surface area contributed by atoms with E-state index in [4.69, 9.17) is 5.73 Å². The molecule has 0 amide bonds. The lowest BCUT2D eigenvalue weighted by Gasteiger charge is -2.09. The number of para-hydroxylation sites is 1. The number of rotatable bonds is 4. The lowest BCUT2D eigenvalue weighted by atomic mass is 10.2. The summed E-state index contributed by atoms with van der Waals surface area (Å²) in [6.45, 7) is 2.23. The van der Waals surface area contributed by atoms with E-state index in [9.17, 15) is 0 Å². The number of aromatic nitrogens is 2. The maximum absolute atomic E-state index is 5.75. The van der Waals surface area contributed by atoms with Gasteiger partial charge in [0.15, 0.2) is 0 Å². The van der Waals surface area contributed by atoms with Crippen molar-refractivity contribution in [2.45, 2.75) is 32.2 Å². The first kappa shape index (κ1) is 11.3. The zero-order valence-corrected chi connectivity index (χ0v) is 10.6. The first-order valence-corrected chi connectivity index (χ1v) is 6.56. The van der Waals surface area contributed by atoms with Gasteiger partial charge in [-0.05, 0) is 30.9 Å². The van der Waals surface area contributed by atoms with Crippen LogP contribution in [0.5, 0.6) is 0 Å². The molecule has 2 atom stereocenters. The van der Waals surface area contributed by atoms with Crippen LogP contribution in [-0.2, 0) is 0 Å². The van der Waals surface area contributed by atoms with Crippen LogP contribution in [0.3, 0.4) is 0 Å². The van der Waals surface area contributed by atoms with E-state index in [0.717, 1.165) is 22.6 Å². The summed E-state index contributed by atoms with van der Waals surface area (Å²) in [5, 5.41) is 4.55. The highest BCUT2D eigenvalue weighted by atomic mass is 15.1. The zero-order chi connectivity index (χ0) is 12.5. The summed E-state index contributed by atoms with van der Waals surface area (Å²) in [6, 6.07) is 8.53. The Balaban J connectivity index is 1.87. The van der Waals surface area contributed by atoms with Gasteiger partial charge in [0.1, 0.15) is 5.82 Å². The Labute approximate surface area is 107 Å². The number of hydrogen-bond acceptors (Lipinski definition) is 4. The largest absolute Gasteiger partial charge is 0.368 e. The van der Waals surface area contributed by atoms with Gasteiger partial charge in [-0.15, -0.1) is 0 Å². The Morgan fingerprint density at radius 3 is 3.00 bits per heavy atom. The average molecular weight is 242 g/mol. The second-order valence-corrected chi connectivity index (χ2v) is 4.98. The van der Waals surface area contributed by atoms with E-state index in [2.05, 4.69) is 22.2 Å². The Kier molecular flexibility index (Phi) is 2.78. The Bertz CT molecular complexity index is 567. The minimum atomic E-state index is 0.337. The van der Waals surface area contributed by atoms with E-state index in [0.29, 0.717) is 12.0 Å². The maximum Gasteiger partial charge on any atom is 0.222 e. The number of nitrogens with two attached hydrogens (primary N) is 1. The van der Waals surface area contributed by atoms with Crippen LogP contribution in [0.4, 0.5) is 11.8 Å². The van der Waals surface area contributed by atoms with Gasteiger partial charge < -0.3 is 11.1 Å².